The zero-order chi connectivity index (χ0) is 23.7. The van der Waals surface area contributed by atoms with E-state index < -0.39 is 5.97 Å². The van der Waals surface area contributed by atoms with E-state index >= 15 is 0 Å². The number of aryl methyl sites for hydroxylation is 3. The van der Waals surface area contributed by atoms with Gasteiger partial charge in [0.15, 0.2) is 0 Å². The Balaban J connectivity index is 1.37. The number of rotatable bonds is 7. The summed E-state index contributed by atoms with van der Waals surface area (Å²) >= 11 is 4.54. The molecule has 0 aliphatic heterocycles. The summed E-state index contributed by atoms with van der Waals surface area (Å²) in [4.78, 5) is 38.1. The molecule has 6 nitrogen and oxygen atoms in total. The number of nitrogens with zero attached hydrogens (tertiary/aromatic N) is 2. The average molecular weight is 510 g/mol. The molecule has 1 N–H and O–H groups in total. The van der Waals surface area contributed by atoms with E-state index in [2.05, 4.69) is 15.3 Å². The molecule has 3 aromatic heterocycles. The van der Waals surface area contributed by atoms with Crippen molar-refractivity contribution >= 4 is 61.5 Å². The average Bonchev–Trinajstić information content (AvgIpc) is 3.53. The van der Waals surface area contributed by atoms with Gasteiger partial charge in [0.05, 0.1) is 17.9 Å². The molecule has 5 rings (SSSR count). The molecule has 0 bridgehead atoms. The number of nitrogens with one attached hydrogen (secondary N) is 1. The smallest absolute Gasteiger partial charge is 0.341 e. The first-order chi connectivity index (χ1) is 16.5. The van der Waals surface area contributed by atoms with Gasteiger partial charge < -0.3 is 10.1 Å². The van der Waals surface area contributed by atoms with E-state index in [4.69, 9.17) is 4.74 Å². The monoisotopic (exact) mass is 509 g/mol. The zero-order valence-corrected chi connectivity index (χ0v) is 21.3. The van der Waals surface area contributed by atoms with E-state index in [9.17, 15) is 9.59 Å². The number of aromatic nitrogens is 2. The Hall–Kier alpha value is -2.75. The van der Waals surface area contributed by atoms with Gasteiger partial charge in [-0.3, -0.25) is 4.79 Å². The summed E-state index contributed by atoms with van der Waals surface area (Å²) < 4.78 is 5.22. The van der Waals surface area contributed by atoms with Crippen LogP contribution in [0.3, 0.4) is 0 Å². The molecule has 9 heteroatoms. The Labute approximate surface area is 209 Å². The van der Waals surface area contributed by atoms with Gasteiger partial charge >= 0.3 is 5.97 Å². The molecule has 1 amide bonds. The third-order valence-corrected chi connectivity index (χ3v) is 8.78. The SMILES string of the molecule is CCOC(=O)c1cc(-c2ccccc2)sc1NC(=O)CSc1nc(C)nc2sc3c(c12)CCC3. The van der Waals surface area contributed by atoms with Crippen LogP contribution >= 0.6 is 34.4 Å². The molecule has 3 heterocycles. The van der Waals surface area contributed by atoms with Crippen molar-refractivity contribution in [3.63, 3.8) is 0 Å². The van der Waals surface area contributed by atoms with E-state index in [-0.39, 0.29) is 18.3 Å². The highest BCUT2D eigenvalue weighted by Gasteiger charge is 2.23. The van der Waals surface area contributed by atoms with Crippen molar-refractivity contribution in [3.05, 3.63) is 58.2 Å². The number of thiophene rings is 2. The fourth-order valence-corrected chi connectivity index (χ4v) is 7.39. The molecule has 1 aliphatic rings. The summed E-state index contributed by atoms with van der Waals surface area (Å²) in [6.07, 6.45) is 3.30. The highest BCUT2D eigenvalue weighted by Crippen LogP contribution is 2.41. The highest BCUT2D eigenvalue weighted by atomic mass is 32.2. The quantitative estimate of drug-likeness (QED) is 0.184. The molecule has 1 aromatic carbocycles. The lowest BCUT2D eigenvalue weighted by atomic mass is 10.1. The van der Waals surface area contributed by atoms with E-state index in [1.807, 2.05) is 37.3 Å². The molecule has 0 atom stereocenters. The predicted octanol–water partition coefficient (Wildman–Crippen LogP) is 6.12. The van der Waals surface area contributed by atoms with Gasteiger partial charge in [-0.25, -0.2) is 14.8 Å². The van der Waals surface area contributed by atoms with Gasteiger partial charge in [0.2, 0.25) is 5.91 Å². The molecule has 0 radical (unpaired) electrons. The molecule has 4 aromatic rings. The van der Waals surface area contributed by atoms with Crippen LogP contribution in [0.2, 0.25) is 0 Å². The Morgan fingerprint density at radius 2 is 1.97 bits per heavy atom. The van der Waals surface area contributed by atoms with Crippen LogP contribution < -0.4 is 5.32 Å². The first-order valence-electron chi connectivity index (χ1n) is 11.1. The van der Waals surface area contributed by atoms with E-state index in [1.54, 1.807) is 24.3 Å². The second kappa shape index (κ2) is 9.85. The molecular formula is C25H23N3O3S3. The van der Waals surface area contributed by atoms with Crippen LogP contribution in [-0.2, 0) is 22.4 Å². The summed E-state index contributed by atoms with van der Waals surface area (Å²) in [5, 5.41) is 5.41. The van der Waals surface area contributed by atoms with Gasteiger partial charge in [-0.05, 0) is 50.3 Å². The number of carbonyl (C=O) groups excluding carboxylic acids is 2. The normalized spacial score (nSPS) is 12.6. The van der Waals surface area contributed by atoms with E-state index in [1.165, 1.54) is 33.5 Å². The van der Waals surface area contributed by atoms with Gasteiger partial charge in [0.1, 0.15) is 20.7 Å². The third-order valence-electron chi connectivity index (χ3n) is 5.52. The van der Waals surface area contributed by atoms with Gasteiger partial charge in [-0.2, -0.15) is 0 Å². The first-order valence-corrected chi connectivity index (χ1v) is 13.7. The number of esters is 1. The van der Waals surface area contributed by atoms with Gasteiger partial charge in [0.25, 0.3) is 0 Å². The van der Waals surface area contributed by atoms with E-state index in [0.717, 1.165) is 44.9 Å². The number of ether oxygens (including phenoxy) is 1. The number of amides is 1. The molecule has 0 fully saturated rings. The minimum Gasteiger partial charge on any atom is -0.462 e. The maximum absolute atomic E-state index is 12.9. The third kappa shape index (κ3) is 4.60. The summed E-state index contributed by atoms with van der Waals surface area (Å²) in [5.74, 6) is 0.279. The number of anilines is 1. The Morgan fingerprint density at radius 1 is 1.15 bits per heavy atom. The molecular weight excluding hydrogens is 486 g/mol. The fourth-order valence-electron chi connectivity index (χ4n) is 4.05. The topological polar surface area (TPSA) is 81.2 Å². The Bertz CT molecular complexity index is 1380. The van der Waals surface area contributed by atoms with Crippen molar-refractivity contribution < 1.29 is 14.3 Å². The number of thioether (sulfide) groups is 1. The Kier molecular flexibility index (Phi) is 6.67. The van der Waals surface area contributed by atoms with Crippen LogP contribution in [0, 0.1) is 6.92 Å². The number of hydrogen-bond donors (Lipinski definition) is 1. The minimum atomic E-state index is -0.439. The summed E-state index contributed by atoms with van der Waals surface area (Å²) in [7, 11) is 0. The van der Waals surface area contributed by atoms with Crippen molar-refractivity contribution in [2.45, 2.75) is 38.1 Å². The standard InChI is InChI=1S/C25H23N3O3S3/c1-3-31-25(30)17-12-19(15-8-5-4-6-9-15)34-22(17)28-20(29)13-32-23-21-16-10-7-11-18(16)33-24(21)27-14(2)26-23/h4-6,8-9,12H,3,7,10-11,13H2,1-2H3,(H,28,29). The fraction of sp³-hybridized carbons (Fsp3) is 0.280. The highest BCUT2D eigenvalue weighted by molar-refractivity contribution is 8.00. The lowest BCUT2D eigenvalue weighted by molar-refractivity contribution is -0.113. The predicted molar refractivity (Wildman–Crippen MR) is 139 cm³/mol. The largest absolute Gasteiger partial charge is 0.462 e. The molecule has 1 aliphatic carbocycles. The first kappa shape index (κ1) is 23.0. The van der Waals surface area contributed by atoms with Crippen molar-refractivity contribution in [2.24, 2.45) is 0 Å². The number of benzene rings is 1. The van der Waals surface area contributed by atoms with Crippen molar-refractivity contribution in [1.82, 2.24) is 9.97 Å². The van der Waals surface area contributed by atoms with Crippen LogP contribution in [0.25, 0.3) is 20.7 Å². The van der Waals surface area contributed by atoms with Gasteiger partial charge in [-0.1, -0.05) is 42.1 Å². The maximum atomic E-state index is 12.9. The van der Waals surface area contributed by atoms with E-state index in [0.29, 0.717) is 16.4 Å². The van der Waals surface area contributed by atoms with Crippen molar-refractivity contribution in [3.8, 4) is 10.4 Å². The zero-order valence-electron chi connectivity index (χ0n) is 18.8. The maximum Gasteiger partial charge on any atom is 0.341 e. The lowest BCUT2D eigenvalue weighted by Crippen LogP contribution is -2.16. The summed E-state index contributed by atoms with van der Waals surface area (Å²) in [5.41, 5.74) is 2.70. The second-order valence-corrected chi connectivity index (χ2v) is 11.0. The van der Waals surface area contributed by atoms with Crippen LogP contribution in [0.1, 0.15) is 40.0 Å². The number of hydrogen-bond acceptors (Lipinski definition) is 8. The second-order valence-electron chi connectivity index (χ2n) is 7.89. The summed E-state index contributed by atoms with van der Waals surface area (Å²) in [6, 6.07) is 11.6. The van der Waals surface area contributed by atoms with Crippen LogP contribution in [0.15, 0.2) is 41.4 Å². The number of carbonyl (C=O) groups is 2. The van der Waals surface area contributed by atoms with Crippen molar-refractivity contribution in [1.29, 1.82) is 0 Å². The van der Waals surface area contributed by atoms with Crippen LogP contribution in [-0.4, -0.2) is 34.2 Å². The summed E-state index contributed by atoms with van der Waals surface area (Å²) in [6.45, 7) is 3.92. The molecule has 0 unspecified atom stereocenters. The minimum absolute atomic E-state index is 0.187. The van der Waals surface area contributed by atoms with Gasteiger partial charge in [0, 0.05) is 15.1 Å². The molecule has 0 saturated heterocycles. The van der Waals surface area contributed by atoms with Gasteiger partial charge in [-0.15, -0.1) is 22.7 Å². The molecule has 0 saturated carbocycles. The number of fused-ring (bicyclic) bond motifs is 3. The van der Waals surface area contributed by atoms with Crippen molar-refractivity contribution in [2.75, 3.05) is 17.7 Å². The molecule has 34 heavy (non-hydrogen) atoms. The molecule has 174 valence electrons. The van der Waals surface area contributed by atoms with Crippen LogP contribution in [0.4, 0.5) is 5.00 Å². The Morgan fingerprint density at radius 3 is 2.76 bits per heavy atom. The lowest BCUT2D eigenvalue weighted by Gasteiger charge is -2.07. The molecule has 0 spiro atoms. The van der Waals surface area contributed by atoms with Crippen LogP contribution in [0.5, 0.6) is 0 Å².